The Kier molecular flexibility index (Phi) is 8.69. The Balaban J connectivity index is 1.58. The van der Waals surface area contributed by atoms with Crippen molar-refractivity contribution in [2.75, 3.05) is 0 Å². The van der Waals surface area contributed by atoms with Crippen LogP contribution in [0.3, 0.4) is 0 Å². The van der Waals surface area contributed by atoms with Crippen molar-refractivity contribution in [1.82, 2.24) is 25.3 Å². The zero-order valence-electron chi connectivity index (χ0n) is 21.2. The Labute approximate surface area is 224 Å². The van der Waals surface area contributed by atoms with E-state index in [0.717, 1.165) is 0 Å². The molecule has 3 atom stereocenters. The summed E-state index contributed by atoms with van der Waals surface area (Å²) >= 11 is 6.03. The fraction of sp³-hybridized carbons (Fsp3) is 0.357. The number of para-hydroxylation sites is 2. The van der Waals surface area contributed by atoms with Gasteiger partial charge in [0.2, 0.25) is 0 Å². The van der Waals surface area contributed by atoms with Gasteiger partial charge in [0.05, 0.1) is 35.6 Å². The van der Waals surface area contributed by atoms with Gasteiger partial charge in [-0.25, -0.2) is 18.7 Å². The summed E-state index contributed by atoms with van der Waals surface area (Å²) in [5.41, 5.74) is 0.487. The summed E-state index contributed by atoms with van der Waals surface area (Å²) in [5, 5.41) is 14.5. The van der Waals surface area contributed by atoms with Gasteiger partial charge in [0.1, 0.15) is 28.2 Å². The molecule has 10 heteroatoms. The minimum Gasteiger partial charge on any atom is -0.391 e. The maximum absolute atomic E-state index is 14.3. The highest BCUT2D eigenvalue weighted by Crippen LogP contribution is 2.30. The minimum absolute atomic E-state index is 0.0914. The van der Waals surface area contributed by atoms with Crippen LogP contribution in [-0.2, 0) is 6.42 Å². The van der Waals surface area contributed by atoms with Crippen LogP contribution in [0.25, 0.3) is 11.0 Å². The second-order valence-corrected chi connectivity index (χ2v) is 10.4. The van der Waals surface area contributed by atoms with Crippen molar-refractivity contribution in [1.29, 1.82) is 0 Å². The monoisotopic (exact) mass is 541 g/mol. The van der Waals surface area contributed by atoms with Crippen LogP contribution < -0.4 is 5.32 Å². The van der Waals surface area contributed by atoms with Crippen LogP contribution in [-0.4, -0.2) is 48.8 Å². The number of aromatic nitrogens is 4. The zero-order valence-corrected chi connectivity index (χ0v) is 21.9. The summed E-state index contributed by atoms with van der Waals surface area (Å²) in [7, 11) is 0. The van der Waals surface area contributed by atoms with E-state index in [1.165, 1.54) is 38.4 Å². The molecule has 7 nitrogen and oxygen atoms in total. The fourth-order valence-electron chi connectivity index (χ4n) is 4.37. The number of halogens is 3. The number of hydrogen-bond acceptors (Lipinski definition) is 5. The lowest BCUT2D eigenvalue weighted by molar-refractivity contribution is 0.0777. The van der Waals surface area contributed by atoms with Crippen molar-refractivity contribution in [3.05, 3.63) is 89.0 Å². The molecule has 0 unspecified atom stereocenters. The average molecular weight is 542 g/mol. The van der Waals surface area contributed by atoms with Crippen LogP contribution >= 0.6 is 11.6 Å². The molecule has 0 aliphatic carbocycles. The number of carbonyl (C=O) groups excluding carboxylic acids is 1. The number of amides is 1. The molecule has 0 bridgehead atoms. The van der Waals surface area contributed by atoms with E-state index in [2.05, 4.69) is 25.3 Å². The van der Waals surface area contributed by atoms with Gasteiger partial charge in [-0.15, -0.1) is 0 Å². The number of nitrogens with zero attached hydrogens (tertiary/aromatic N) is 3. The molecule has 3 N–H and O–H groups in total. The molecule has 0 fully saturated rings. The first kappa shape index (κ1) is 27.6. The maximum Gasteiger partial charge on any atom is 0.271 e. The third-order valence-electron chi connectivity index (χ3n) is 6.37. The van der Waals surface area contributed by atoms with E-state index in [4.69, 9.17) is 11.6 Å². The molecule has 0 spiro atoms. The SMILES string of the molecule is CC(C)(F)CC[C@H](C[C@H](O)[C@H](Cc1cccc(F)c1)NC(=O)c1cnc2ccccc2n1)c1ncc(Cl)[nH]1. The van der Waals surface area contributed by atoms with Gasteiger partial charge in [-0.3, -0.25) is 9.78 Å². The highest BCUT2D eigenvalue weighted by molar-refractivity contribution is 6.29. The maximum atomic E-state index is 14.3. The number of nitrogens with one attached hydrogen (secondary N) is 2. The van der Waals surface area contributed by atoms with Gasteiger partial charge in [-0.05, 0) is 69.4 Å². The van der Waals surface area contributed by atoms with Crippen molar-refractivity contribution >= 4 is 28.5 Å². The first-order valence-electron chi connectivity index (χ1n) is 12.4. The summed E-state index contributed by atoms with van der Waals surface area (Å²) in [6.07, 6.45) is 2.70. The topological polar surface area (TPSA) is 104 Å². The molecule has 4 aromatic rings. The summed E-state index contributed by atoms with van der Waals surface area (Å²) < 4.78 is 28.2. The third kappa shape index (κ3) is 7.55. The van der Waals surface area contributed by atoms with Crippen molar-refractivity contribution in [2.24, 2.45) is 0 Å². The average Bonchev–Trinajstić information content (AvgIpc) is 3.31. The van der Waals surface area contributed by atoms with Crippen LogP contribution in [0.1, 0.15) is 60.9 Å². The van der Waals surface area contributed by atoms with Gasteiger partial charge >= 0.3 is 0 Å². The summed E-state index contributed by atoms with van der Waals surface area (Å²) in [5.74, 6) is -0.781. The van der Waals surface area contributed by atoms with E-state index in [-0.39, 0.29) is 30.9 Å². The van der Waals surface area contributed by atoms with Gasteiger partial charge in [-0.2, -0.15) is 0 Å². The van der Waals surface area contributed by atoms with Crippen molar-refractivity contribution in [3.63, 3.8) is 0 Å². The minimum atomic E-state index is -1.41. The van der Waals surface area contributed by atoms with Crippen molar-refractivity contribution in [2.45, 2.75) is 63.3 Å². The largest absolute Gasteiger partial charge is 0.391 e. The molecule has 0 saturated heterocycles. The quantitative estimate of drug-likeness (QED) is 0.231. The van der Waals surface area contributed by atoms with Gasteiger partial charge in [-0.1, -0.05) is 35.9 Å². The number of aliphatic hydroxyl groups excluding tert-OH is 1. The molecule has 200 valence electrons. The Morgan fingerprint density at radius 1 is 1.13 bits per heavy atom. The number of fused-ring (bicyclic) bond motifs is 1. The lowest BCUT2D eigenvalue weighted by Gasteiger charge is -2.28. The molecule has 0 saturated carbocycles. The zero-order chi connectivity index (χ0) is 27.3. The first-order valence-corrected chi connectivity index (χ1v) is 12.8. The predicted molar refractivity (Wildman–Crippen MR) is 142 cm³/mol. The number of rotatable bonds is 11. The number of aromatic amines is 1. The fourth-order valence-corrected chi connectivity index (χ4v) is 4.52. The number of carbonyl (C=O) groups is 1. The third-order valence-corrected chi connectivity index (χ3v) is 6.56. The number of aliphatic hydroxyl groups is 1. The molecule has 2 aromatic carbocycles. The van der Waals surface area contributed by atoms with Crippen LogP contribution in [0, 0.1) is 5.82 Å². The molecule has 1 amide bonds. The molecular weight excluding hydrogens is 512 g/mol. The van der Waals surface area contributed by atoms with Crippen molar-refractivity contribution < 1.29 is 18.7 Å². The lowest BCUT2D eigenvalue weighted by Crippen LogP contribution is -2.45. The van der Waals surface area contributed by atoms with Gasteiger partial charge in [0.25, 0.3) is 5.91 Å². The van der Waals surface area contributed by atoms with Gasteiger partial charge < -0.3 is 15.4 Å². The van der Waals surface area contributed by atoms with E-state index in [0.29, 0.717) is 34.0 Å². The van der Waals surface area contributed by atoms with Crippen LogP contribution in [0.5, 0.6) is 0 Å². The summed E-state index contributed by atoms with van der Waals surface area (Å²) in [4.78, 5) is 29.1. The number of H-pyrrole nitrogens is 1. The summed E-state index contributed by atoms with van der Waals surface area (Å²) in [6, 6.07) is 12.4. The van der Waals surface area contributed by atoms with Crippen LogP contribution in [0.4, 0.5) is 8.78 Å². The van der Waals surface area contributed by atoms with E-state index in [1.54, 1.807) is 30.3 Å². The molecule has 2 heterocycles. The summed E-state index contributed by atoms with van der Waals surface area (Å²) in [6.45, 7) is 2.99. The number of alkyl halides is 1. The normalized spacial score (nSPS) is 14.3. The highest BCUT2D eigenvalue weighted by Gasteiger charge is 2.29. The van der Waals surface area contributed by atoms with Crippen LogP contribution in [0.15, 0.2) is 60.9 Å². The Morgan fingerprint density at radius 3 is 2.58 bits per heavy atom. The number of benzene rings is 2. The predicted octanol–water partition coefficient (Wildman–Crippen LogP) is 5.55. The molecule has 38 heavy (non-hydrogen) atoms. The van der Waals surface area contributed by atoms with E-state index in [9.17, 15) is 18.7 Å². The Morgan fingerprint density at radius 2 is 1.89 bits per heavy atom. The molecule has 2 aromatic heterocycles. The van der Waals surface area contributed by atoms with Crippen LogP contribution in [0.2, 0.25) is 5.15 Å². The second-order valence-electron chi connectivity index (χ2n) is 10.0. The number of imidazole rings is 1. The van der Waals surface area contributed by atoms with Gasteiger partial charge in [0.15, 0.2) is 0 Å². The molecule has 4 rings (SSSR count). The highest BCUT2D eigenvalue weighted by atomic mass is 35.5. The molecule has 0 aliphatic heterocycles. The Bertz CT molecular complexity index is 1390. The van der Waals surface area contributed by atoms with E-state index in [1.807, 2.05) is 6.07 Å². The van der Waals surface area contributed by atoms with Gasteiger partial charge in [0, 0.05) is 5.92 Å². The van der Waals surface area contributed by atoms with Crippen molar-refractivity contribution in [3.8, 4) is 0 Å². The number of hydrogen-bond donors (Lipinski definition) is 3. The standard InChI is InChI=1S/C28H30ClF2N5O2/c1-28(2,31)11-10-18(26-33-16-25(29)36-26)14-24(37)22(13-17-6-5-7-19(30)12-17)35-27(38)23-15-32-20-8-3-4-9-21(20)34-23/h3-9,12,15-16,18,22,24,37H,10-11,13-14H2,1-2H3,(H,33,36)(H,35,38)/t18-,22+,24+/m1/s1. The first-order chi connectivity index (χ1) is 18.1. The molecule has 0 aliphatic rings. The molecular formula is C28H30ClF2N5O2. The Hall–Kier alpha value is -3.43. The molecule has 0 radical (unpaired) electrons. The second kappa shape index (κ2) is 12.0. The van der Waals surface area contributed by atoms with E-state index < -0.39 is 29.5 Å². The smallest absolute Gasteiger partial charge is 0.271 e. The lowest BCUT2D eigenvalue weighted by atomic mass is 9.88. The van der Waals surface area contributed by atoms with E-state index >= 15 is 0 Å².